The van der Waals surface area contributed by atoms with Gasteiger partial charge in [0.15, 0.2) is 5.60 Å². The van der Waals surface area contributed by atoms with Crippen LogP contribution in [-0.4, -0.2) is 15.6 Å². The van der Waals surface area contributed by atoms with Crippen molar-refractivity contribution < 1.29 is 9.85 Å². The van der Waals surface area contributed by atoms with E-state index in [0.29, 0.717) is 23.4 Å². The summed E-state index contributed by atoms with van der Waals surface area (Å²) in [7, 11) is 0. The second-order valence-electron chi connectivity index (χ2n) is 6.05. The topological polar surface area (TPSA) is 46.3 Å². The van der Waals surface area contributed by atoms with Gasteiger partial charge in [0, 0.05) is 18.1 Å². The van der Waals surface area contributed by atoms with Crippen molar-refractivity contribution in [2.75, 3.05) is 0 Å². The summed E-state index contributed by atoms with van der Waals surface area (Å²) in [6, 6.07) is 26.4. The second-order valence-corrected chi connectivity index (χ2v) is 6.05. The molecule has 118 valence electrons. The lowest BCUT2D eigenvalue weighted by atomic mass is 9.82. The van der Waals surface area contributed by atoms with E-state index in [9.17, 15) is 10.3 Å². The van der Waals surface area contributed by atoms with Gasteiger partial charge in [-0.15, -0.1) is 0 Å². The van der Waals surface area contributed by atoms with E-state index in [2.05, 4.69) is 0 Å². The van der Waals surface area contributed by atoms with Crippen LogP contribution in [0.15, 0.2) is 84.9 Å². The Morgan fingerprint density at radius 3 is 2.08 bits per heavy atom. The molecule has 0 aliphatic carbocycles. The van der Waals surface area contributed by atoms with E-state index in [1.54, 1.807) is 6.07 Å². The van der Waals surface area contributed by atoms with Gasteiger partial charge in [-0.05, 0) is 23.8 Å². The highest BCUT2D eigenvalue weighted by Gasteiger charge is 2.50. The normalized spacial score (nSPS) is 19.4. The zero-order valence-electron chi connectivity index (χ0n) is 13.1. The van der Waals surface area contributed by atoms with Crippen LogP contribution in [0.3, 0.4) is 0 Å². The molecule has 3 heteroatoms. The minimum absolute atomic E-state index is 0.355. The maximum Gasteiger partial charge on any atom is 0.237 e. The molecule has 1 aliphatic heterocycles. The number of hydrogen-bond acceptors (Lipinski definition) is 2. The lowest BCUT2D eigenvalue weighted by Gasteiger charge is -2.22. The molecule has 1 heterocycles. The van der Waals surface area contributed by atoms with Crippen LogP contribution >= 0.6 is 0 Å². The fourth-order valence-corrected chi connectivity index (χ4v) is 3.44. The van der Waals surface area contributed by atoms with Gasteiger partial charge < -0.3 is 10.3 Å². The largest absolute Gasteiger partial charge is 0.618 e. The molecule has 3 nitrogen and oxygen atoms in total. The van der Waals surface area contributed by atoms with Gasteiger partial charge in [-0.2, -0.15) is 4.74 Å². The van der Waals surface area contributed by atoms with Crippen LogP contribution in [0.1, 0.15) is 16.7 Å². The van der Waals surface area contributed by atoms with E-state index in [1.807, 2.05) is 78.9 Å². The first kappa shape index (κ1) is 14.7. The zero-order valence-corrected chi connectivity index (χ0v) is 13.1. The van der Waals surface area contributed by atoms with Crippen molar-refractivity contribution >= 4 is 11.4 Å². The smallest absolute Gasteiger partial charge is 0.237 e. The van der Waals surface area contributed by atoms with Crippen LogP contribution in [0.25, 0.3) is 0 Å². The predicted octanol–water partition coefficient (Wildman–Crippen LogP) is 3.76. The molecule has 0 fully saturated rings. The number of benzene rings is 3. The SMILES string of the molecule is [O-][N+]1=C(c2ccccc2)[C@](O)(Cc2ccccc2)c2ccccc21. The Hall–Kier alpha value is -2.91. The van der Waals surface area contributed by atoms with Crippen LogP contribution < -0.4 is 0 Å². The molecule has 0 saturated heterocycles. The quantitative estimate of drug-likeness (QED) is 0.591. The van der Waals surface area contributed by atoms with Crippen molar-refractivity contribution in [1.82, 2.24) is 0 Å². The first-order valence-electron chi connectivity index (χ1n) is 7.96. The van der Waals surface area contributed by atoms with E-state index in [4.69, 9.17) is 0 Å². The average molecular weight is 315 g/mol. The molecule has 1 atom stereocenters. The summed E-state index contributed by atoms with van der Waals surface area (Å²) in [4.78, 5) is 0. The summed E-state index contributed by atoms with van der Waals surface area (Å²) in [5.41, 5.74) is 1.92. The van der Waals surface area contributed by atoms with Gasteiger partial charge in [-0.3, -0.25) is 0 Å². The number of para-hydroxylation sites is 1. The van der Waals surface area contributed by atoms with Gasteiger partial charge in [0.2, 0.25) is 11.4 Å². The van der Waals surface area contributed by atoms with Crippen LogP contribution in [-0.2, 0) is 12.0 Å². The first-order valence-corrected chi connectivity index (χ1v) is 7.96. The van der Waals surface area contributed by atoms with Crippen LogP contribution in [0, 0.1) is 5.21 Å². The molecule has 1 aliphatic rings. The Morgan fingerprint density at radius 2 is 1.38 bits per heavy atom. The van der Waals surface area contributed by atoms with Crippen LogP contribution in [0.5, 0.6) is 0 Å². The maximum atomic E-state index is 12.9. The van der Waals surface area contributed by atoms with Crippen molar-refractivity contribution in [3.05, 3.63) is 107 Å². The highest BCUT2D eigenvalue weighted by atomic mass is 16.5. The molecular weight excluding hydrogens is 298 g/mol. The van der Waals surface area contributed by atoms with Crippen molar-refractivity contribution in [1.29, 1.82) is 0 Å². The zero-order chi connectivity index (χ0) is 16.6. The molecule has 24 heavy (non-hydrogen) atoms. The Balaban J connectivity index is 1.91. The Morgan fingerprint density at radius 1 is 0.792 bits per heavy atom. The van der Waals surface area contributed by atoms with Gasteiger partial charge in [-0.25, -0.2) is 0 Å². The Kier molecular flexibility index (Phi) is 3.44. The van der Waals surface area contributed by atoms with Gasteiger partial charge in [0.05, 0.1) is 5.56 Å². The highest BCUT2D eigenvalue weighted by Crippen LogP contribution is 2.41. The van der Waals surface area contributed by atoms with Crippen molar-refractivity contribution in [2.45, 2.75) is 12.0 Å². The summed E-state index contributed by atoms with van der Waals surface area (Å²) >= 11 is 0. The molecule has 0 unspecified atom stereocenters. The molecule has 0 bridgehead atoms. The van der Waals surface area contributed by atoms with Crippen molar-refractivity contribution in [2.24, 2.45) is 0 Å². The molecule has 0 radical (unpaired) electrons. The van der Waals surface area contributed by atoms with Gasteiger partial charge in [0.25, 0.3) is 0 Å². The summed E-state index contributed by atoms with van der Waals surface area (Å²) < 4.78 is 0.869. The lowest BCUT2D eigenvalue weighted by molar-refractivity contribution is -0.359. The third kappa shape index (κ3) is 2.22. The third-order valence-electron chi connectivity index (χ3n) is 4.51. The van der Waals surface area contributed by atoms with Gasteiger partial charge in [-0.1, -0.05) is 60.7 Å². The molecule has 0 spiro atoms. The highest BCUT2D eigenvalue weighted by molar-refractivity contribution is 6.06. The third-order valence-corrected chi connectivity index (χ3v) is 4.51. The fraction of sp³-hybridized carbons (Fsp3) is 0.0952. The summed E-state index contributed by atoms with van der Waals surface area (Å²) in [5, 5.41) is 24.5. The van der Waals surface area contributed by atoms with E-state index < -0.39 is 5.60 Å². The van der Waals surface area contributed by atoms with Crippen LogP contribution in [0.4, 0.5) is 5.69 Å². The van der Waals surface area contributed by atoms with E-state index >= 15 is 0 Å². The molecule has 3 aromatic carbocycles. The molecule has 1 N–H and O–H groups in total. The molecule has 0 amide bonds. The number of nitrogens with zero attached hydrogens (tertiary/aromatic N) is 1. The maximum absolute atomic E-state index is 12.9. The standard InChI is InChI=1S/C21H17NO2/c23-21(15-16-9-3-1-4-10-16)18-13-7-8-14-19(18)22(24)20(21)17-11-5-2-6-12-17/h1-14,23H,15H2/t21-/m0/s1. The molecule has 4 rings (SSSR count). The second kappa shape index (κ2) is 5.62. The van der Waals surface area contributed by atoms with Gasteiger partial charge >= 0.3 is 0 Å². The molecule has 0 saturated carbocycles. The van der Waals surface area contributed by atoms with E-state index in [-0.39, 0.29) is 0 Å². The Labute approximate surface area is 140 Å². The monoisotopic (exact) mass is 315 g/mol. The van der Waals surface area contributed by atoms with E-state index in [0.717, 1.165) is 15.9 Å². The summed E-state index contributed by atoms with van der Waals surface area (Å²) in [6.45, 7) is 0. The predicted molar refractivity (Wildman–Crippen MR) is 94.3 cm³/mol. The number of fused-ring (bicyclic) bond motifs is 1. The number of aliphatic hydroxyl groups is 1. The number of rotatable bonds is 3. The summed E-state index contributed by atoms with van der Waals surface area (Å²) in [5.74, 6) is 0. The Bertz CT molecular complexity index is 903. The number of hydrogen-bond donors (Lipinski definition) is 1. The molecule has 0 aromatic heterocycles. The fourth-order valence-electron chi connectivity index (χ4n) is 3.44. The minimum Gasteiger partial charge on any atom is -0.618 e. The summed E-state index contributed by atoms with van der Waals surface area (Å²) in [6.07, 6.45) is 0.355. The average Bonchev–Trinajstić information content (AvgIpc) is 2.84. The minimum atomic E-state index is -1.35. The molecular formula is C21H17NO2. The van der Waals surface area contributed by atoms with Crippen molar-refractivity contribution in [3.63, 3.8) is 0 Å². The van der Waals surface area contributed by atoms with Gasteiger partial charge in [0.1, 0.15) is 0 Å². The molecule has 3 aromatic rings. The van der Waals surface area contributed by atoms with Crippen molar-refractivity contribution in [3.8, 4) is 0 Å². The lowest BCUT2D eigenvalue weighted by Crippen LogP contribution is -2.37. The van der Waals surface area contributed by atoms with E-state index in [1.165, 1.54) is 0 Å². The van der Waals surface area contributed by atoms with Crippen LogP contribution in [0.2, 0.25) is 0 Å². The first-order chi connectivity index (χ1) is 11.7.